The monoisotopic (exact) mass is 295 g/mol. The molecular weight excluding hydrogens is 270 g/mol. The van der Waals surface area contributed by atoms with Crippen molar-refractivity contribution in [2.75, 3.05) is 31.5 Å². The average molecular weight is 295 g/mol. The van der Waals surface area contributed by atoms with Crippen LogP contribution in [0.3, 0.4) is 0 Å². The number of piperidine rings is 1. The predicted octanol–water partition coefficient (Wildman–Crippen LogP) is 2.58. The molecule has 0 atom stereocenters. The first kappa shape index (κ1) is 15.8. The third-order valence-corrected chi connectivity index (χ3v) is 3.89. The molecule has 0 saturated carbocycles. The molecule has 0 radical (unpaired) electrons. The SMILES string of the molecule is Cc1nn(C(C)C)c(NCCN2CCCCC2)c1[N+](=O)[O-]. The van der Waals surface area contributed by atoms with E-state index < -0.39 is 0 Å². The molecule has 1 aromatic rings. The number of hydrogen-bond acceptors (Lipinski definition) is 5. The zero-order valence-electron chi connectivity index (χ0n) is 13.1. The van der Waals surface area contributed by atoms with Gasteiger partial charge in [0.15, 0.2) is 0 Å². The topological polar surface area (TPSA) is 76.2 Å². The molecule has 1 N–H and O–H groups in total. The largest absolute Gasteiger partial charge is 0.363 e. The summed E-state index contributed by atoms with van der Waals surface area (Å²) < 4.78 is 1.71. The highest BCUT2D eigenvalue weighted by atomic mass is 16.6. The second kappa shape index (κ2) is 6.89. The highest BCUT2D eigenvalue weighted by Crippen LogP contribution is 2.30. The van der Waals surface area contributed by atoms with Crippen LogP contribution in [0.2, 0.25) is 0 Å². The van der Waals surface area contributed by atoms with Crippen molar-refractivity contribution < 1.29 is 4.92 Å². The Hall–Kier alpha value is -1.63. The Morgan fingerprint density at radius 1 is 1.33 bits per heavy atom. The average Bonchev–Trinajstić information content (AvgIpc) is 2.77. The molecule has 1 aliphatic rings. The van der Waals surface area contributed by atoms with Gasteiger partial charge >= 0.3 is 5.69 Å². The van der Waals surface area contributed by atoms with Gasteiger partial charge in [-0.3, -0.25) is 10.1 Å². The number of aromatic nitrogens is 2. The van der Waals surface area contributed by atoms with Gasteiger partial charge in [-0.2, -0.15) is 5.10 Å². The van der Waals surface area contributed by atoms with E-state index in [9.17, 15) is 10.1 Å². The lowest BCUT2D eigenvalue weighted by atomic mass is 10.1. The van der Waals surface area contributed by atoms with Crippen molar-refractivity contribution in [3.8, 4) is 0 Å². The third-order valence-electron chi connectivity index (χ3n) is 3.89. The van der Waals surface area contributed by atoms with E-state index in [0.29, 0.717) is 18.1 Å². The summed E-state index contributed by atoms with van der Waals surface area (Å²) >= 11 is 0. The van der Waals surface area contributed by atoms with Crippen LogP contribution in [0.15, 0.2) is 0 Å². The van der Waals surface area contributed by atoms with Crippen LogP contribution in [0.25, 0.3) is 0 Å². The standard InChI is InChI=1S/C14H25N5O2/c1-11(2)18-14(13(19(20)21)12(3)16-18)15-7-10-17-8-5-4-6-9-17/h11,15H,4-10H2,1-3H3. The van der Waals surface area contributed by atoms with Gasteiger partial charge in [-0.1, -0.05) is 6.42 Å². The molecule has 2 rings (SSSR count). The predicted molar refractivity (Wildman–Crippen MR) is 82.8 cm³/mol. The molecule has 0 amide bonds. The quantitative estimate of drug-likeness (QED) is 0.645. The maximum atomic E-state index is 11.2. The molecule has 0 aliphatic carbocycles. The third kappa shape index (κ3) is 3.72. The molecular formula is C14H25N5O2. The Bertz CT molecular complexity index is 492. The number of likely N-dealkylation sites (tertiary alicyclic amines) is 1. The van der Waals surface area contributed by atoms with E-state index in [-0.39, 0.29) is 16.7 Å². The van der Waals surface area contributed by atoms with E-state index in [1.54, 1.807) is 11.6 Å². The fourth-order valence-corrected chi connectivity index (χ4v) is 2.81. The second-order valence-corrected chi connectivity index (χ2v) is 5.91. The van der Waals surface area contributed by atoms with Crippen molar-refractivity contribution >= 4 is 11.5 Å². The van der Waals surface area contributed by atoms with Crippen LogP contribution < -0.4 is 5.32 Å². The molecule has 0 bridgehead atoms. The summed E-state index contributed by atoms with van der Waals surface area (Å²) in [5, 5.41) is 18.8. The van der Waals surface area contributed by atoms with Crippen LogP contribution in [0.5, 0.6) is 0 Å². The minimum absolute atomic E-state index is 0.0925. The van der Waals surface area contributed by atoms with Crippen LogP contribution in [0, 0.1) is 17.0 Å². The minimum Gasteiger partial charge on any atom is -0.363 e. The van der Waals surface area contributed by atoms with Gasteiger partial charge in [-0.05, 0) is 46.7 Å². The lowest BCUT2D eigenvalue weighted by Gasteiger charge is -2.26. The van der Waals surface area contributed by atoms with Gasteiger partial charge in [0.2, 0.25) is 5.82 Å². The summed E-state index contributed by atoms with van der Waals surface area (Å²) in [5.41, 5.74) is 0.566. The number of nitrogens with one attached hydrogen (secondary N) is 1. The Morgan fingerprint density at radius 3 is 2.57 bits per heavy atom. The maximum Gasteiger partial charge on any atom is 0.333 e. The summed E-state index contributed by atoms with van der Waals surface area (Å²) in [6, 6.07) is 0.0925. The molecule has 1 saturated heterocycles. The zero-order chi connectivity index (χ0) is 15.4. The molecule has 0 spiro atoms. The van der Waals surface area contributed by atoms with Crippen LogP contribution in [0.4, 0.5) is 11.5 Å². The van der Waals surface area contributed by atoms with E-state index in [1.807, 2.05) is 13.8 Å². The van der Waals surface area contributed by atoms with Gasteiger partial charge in [0.05, 0.1) is 4.92 Å². The highest BCUT2D eigenvalue weighted by molar-refractivity contribution is 5.59. The number of rotatable bonds is 6. The first-order valence-corrected chi connectivity index (χ1v) is 7.70. The minimum atomic E-state index is -0.343. The van der Waals surface area contributed by atoms with Crippen molar-refractivity contribution in [3.63, 3.8) is 0 Å². The molecule has 7 heteroatoms. The Balaban J connectivity index is 2.05. The summed E-state index contributed by atoms with van der Waals surface area (Å²) in [4.78, 5) is 13.3. The fraction of sp³-hybridized carbons (Fsp3) is 0.786. The van der Waals surface area contributed by atoms with Gasteiger partial charge in [0.25, 0.3) is 0 Å². The first-order valence-electron chi connectivity index (χ1n) is 7.70. The molecule has 118 valence electrons. The van der Waals surface area contributed by atoms with Crippen molar-refractivity contribution in [1.82, 2.24) is 14.7 Å². The summed E-state index contributed by atoms with van der Waals surface area (Å²) in [7, 11) is 0. The summed E-state index contributed by atoms with van der Waals surface area (Å²) in [5.74, 6) is 0.532. The van der Waals surface area contributed by atoms with E-state index in [2.05, 4.69) is 15.3 Å². The molecule has 21 heavy (non-hydrogen) atoms. The van der Waals surface area contributed by atoms with Gasteiger partial charge < -0.3 is 10.2 Å². The van der Waals surface area contributed by atoms with E-state index in [0.717, 1.165) is 19.6 Å². The van der Waals surface area contributed by atoms with E-state index in [4.69, 9.17) is 0 Å². The number of hydrogen-bond donors (Lipinski definition) is 1. The van der Waals surface area contributed by atoms with Gasteiger partial charge in [0, 0.05) is 19.1 Å². The number of aryl methyl sites for hydroxylation is 1. The van der Waals surface area contributed by atoms with Crippen molar-refractivity contribution in [2.45, 2.75) is 46.1 Å². The normalized spacial score (nSPS) is 16.4. The lowest BCUT2D eigenvalue weighted by Crippen LogP contribution is -2.34. The van der Waals surface area contributed by atoms with E-state index >= 15 is 0 Å². The zero-order valence-corrected chi connectivity index (χ0v) is 13.1. The van der Waals surface area contributed by atoms with Crippen molar-refractivity contribution in [3.05, 3.63) is 15.8 Å². The molecule has 0 aromatic carbocycles. The van der Waals surface area contributed by atoms with Crippen LogP contribution in [-0.4, -0.2) is 45.8 Å². The lowest BCUT2D eigenvalue weighted by molar-refractivity contribution is -0.384. The number of nitro groups is 1. The molecule has 1 aliphatic heterocycles. The Kier molecular flexibility index (Phi) is 5.17. The molecule has 1 fully saturated rings. The van der Waals surface area contributed by atoms with Crippen LogP contribution in [-0.2, 0) is 0 Å². The highest BCUT2D eigenvalue weighted by Gasteiger charge is 2.26. The van der Waals surface area contributed by atoms with Gasteiger partial charge in [-0.15, -0.1) is 0 Å². The summed E-state index contributed by atoms with van der Waals surface area (Å²) in [6.45, 7) is 9.53. The van der Waals surface area contributed by atoms with Crippen LogP contribution in [0.1, 0.15) is 44.8 Å². The first-order chi connectivity index (χ1) is 10.0. The smallest absolute Gasteiger partial charge is 0.333 e. The van der Waals surface area contributed by atoms with E-state index in [1.165, 1.54) is 19.3 Å². The Labute approximate surface area is 125 Å². The summed E-state index contributed by atoms with van der Waals surface area (Å²) in [6.07, 6.45) is 3.82. The molecule has 1 aromatic heterocycles. The van der Waals surface area contributed by atoms with Gasteiger partial charge in [-0.25, -0.2) is 4.68 Å². The van der Waals surface area contributed by atoms with Crippen molar-refractivity contribution in [2.24, 2.45) is 0 Å². The van der Waals surface area contributed by atoms with Crippen LogP contribution >= 0.6 is 0 Å². The number of nitrogens with zero attached hydrogens (tertiary/aromatic N) is 4. The van der Waals surface area contributed by atoms with Crippen molar-refractivity contribution in [1.29, 1.82) is 0 Å². The Morgan fingerprint density at radius 2 is 2.00 bits per heavy atom. The molecule has 2 heterocycles. The molecule has 7 nitrogen and oxygen atoms in total. The fourth-order valence-electron chi connectivity index (χ4n) is 2.81. The second-order valence-electron chi connectivity index (χ2n) is 5.91. The number of anilines is 1. The maximum absolute atomic E-state index is 11.2. The van der Waals surface area contributed by atoms with Gasteiger partial charge in [0.1, 0.15) is 5.69 Å². The molecule has 0 unspecified atom stereocenters.